The Hall–Kier alpha value is -4.45. The number of hydrogen-bond donors (Lipinski definition) is 3. The fourth-order valence-corrected chi connectivity index (χ4v) is 7.63. The molecule has 256 valence electrons. The highest BCUT2D eigenvalue weighted by molar-refractivity contribution is 7.97. The number of ether oxygens (including phenoxy) is 2. The Kier molecular flexibility index (Phi) is 13.0. The summed E-state index contributed by atoms with van der Waals surface area (Å²) in [6, 6.07) is 22.5. The molecule has 0 aliphatic heterocycles. The largest absolute Gasteiger partial charge is 0.466 e. The lowest BCUT2D eigenvalue weighted by Crippen LogP contribution is -2.18. The number of fused-ring (bicyclic) bond motifs is 1. The van der Waals surface area contributed by atoms with Crippen molar-refractivity contribution in [1.29, 1.82) is 0 Å². The number of nitrogens with one attached hydrogen (secondary N) is 3. The van der Waals surface area contributed by atoms with Gasteiger partial charge in [-0.2, -0.15) is 0 Å². The van der Waals surface area contributed by atoms with Crippen molar-refractivity contribution in [2.45, 2.75) is 63.2 Å². The van der Waals surface area contributed by atoms with Gasteiger partial charge in [0.2, 0.25) is 0 Å². The molecule has 1 aliphatic rings. The minimum Gasteiger partial charge on any atom is -0.466 e. The number of amides is 2. The van der Waals surface area contributed by atoms with Gasteiger partial charge in [0, 0.05) is 34.0 Å². The number of aryl methyl sites for hydroxylation is 3. The van der Waals surface area contributed by atoms with Crippen LogP contribution in [0.15, 0.2) is 77.7 Å². The lowest BCUT2D eigenvalue weighted by Gasteiger charge is -2.14. The third-order valence-electron chi connectivity index (χ3n) is 8.17. The fourth-order valence-electron chi connectivity index (χ4n) is 5.61. The maximum absolute atomic E-state index is 13.8. The van der Waals surface area contributed by atoms with Gasteiger partial charge in [-0.25, -0.2) is 4.79 Å². The smallest absolute Gasteiger partial charge is 0.337 e. The van der Waals surface area contributed by atoms with Crippen LogP contribution in [0, 0.1) is 0 Å². The Morgan fingerprint density at radius 2 is 1.55 bits per heavy atom. The number of anilines is 2. The van der Waals surface area contributed by atoms with Crippen LogP contribution in [0.4, 0.5) is 10.7 Å². The standard InChI is InChI=1S/C38H41N3O6S2/c1-3-47-33(42)12-7-23-39-49-30-9-6-8-28(24-30)35(43)41-37-34(31-10-4-5-11-32(31)48-37)36(44)40-29-21-17-26(18-22-29)14-13-25-15-19-27(20-16-25)38(45)46-2/h6,8-9,15-22,24,39H,3-5,7,10-14,23H2,1-2H3,(H,40,44)(H,41,43). The molecule has 0 bridgehead atoms. The summed E-state index contributed by atoms with van der Waals surface area (Å²) in [5.41, 5.74) is 5.51. The van der Waals surface area contributed by atoms with Gasteiger partial charge in [-0.05, 0) is 123 Å². The second-order valence-corrected chi connectivity index (χ2v) is 13.7. The first kappa shape index (κ1) is 35.8. The van der Waals surface area contributed by atoms with E-state index in [1.165, 1.54) is 30.4 Å². The minimum absolute atomic E-state index is 0.205. The zero-order valence-corrected chi connectivity index (χ0v) is 29.4. The first-order valence-corrected chi connectivity index (χ1v) is 18.2. The van der Waals surface area contributed by atoms with E-state index < -0.39 is 0 Å². The van der Waals surface area contributed by atoms with E-state index in [9.17, 15) is 19.2 Å². The van der Waals surface area contributed by atoms with E-state index in [1.807, 2.05) is 54.6 Å². The summed E-state index contributed by atoms with van der Waals surface area (Å²) >= 11 is 2.89. The highest BCUT2D eigenvalue weighted by Crippen LogP contribution is 2.39. The van der Waals surface area contributed by atoms with Gasteiger partial charge in [0.15, 0.2) is 0 Å². The highest BCUT2D eigenvalue weighted by Gasteiger charge is 2.27. The van der Waals surface area contributed by atoms with Crippen LogP contribution in [0.5, 0.6) is 0 Å². The minimum atomic E-state index is -0.350. The lowest BCUT2D eigenvalue weighted by molar-refractivity contribution is -0.143. The van der Waals surface area contributed by atoms with E-state index >= 15 is 0 Å². The summed E-state index contributed by atoms with van der Waals surface area (Å²) in [6.45, 7) is 2.79. The molecule has 3 aromatic carbocycles. The molecule has 11 heteroatoms. The number of rotatable bonds is 15. The Labute approximate surface area is 295 Å². The molecule has 1 aromatic heterocycles. The number of thiophene rings is 1. The summed E-state index contributed by atoms with van der Waals surface area (Å²) in [5, 5.41) is 6.67. The van der Waals surface area contributed by atoms with Gasteiger partial charge in [0.1, 0.15) is 5.00 Å². The molecule has 1 heterocycles. The first-order chi connectivity index (χ1) is 23.8. The number of hydrogen-bond acceptors (Lipinski definition) is 9. The van der Waals surface area contributed by atoms with Crippen LogP contribution in [0.25, 0.3) is 0 Å². The predicted molar refractivity (Wildman–Crippen MR) is 195 cm³/mol. The second kappa shape index (κ2) is 17.8. The molecule has 3 N–H and O–H groups in total. The van der Waals surface area contributed by atoms with Gasteiger partial charge in [-0.3, -0.25) is 19.1 Å². The molecule has 0 saturated heterocycles. The molecule has 2 amide bonds. The Bertz CT molecular complexity index is 1770. The normalized spacial score (nSPS) is 12.1. The average Bonchev–Trinajstić information content (AvgIpc) is 3.49. The monoisotopic (exact) mass is 699 g/mol. The molecular weight excluding hydrogens is 659 g/mol. The van der Waals surface area contributed by atoms with E-state index in [-0.39, 0.29) is 23.8 Å². The highest BCUT2D eigenvalue weighted by atomic mass is 32.2. The topological polar surface area (TPSA) is 123 Å². The second-order valence-electron chi connectivity index (χ2n) is 11.6. The number of methoxy groups -OCH3 is 1. The molecule has 49 heavy (non-hydrogen) atoms. The van der Waals surface area contributed by atoms with Crippen LogP contribution >= 0.6 is 23.3 Å². The van der Waals surface area contributed by atoms with Crippen LogP contribution in [0.2, 0.25) is 0 Å². The van der Waals surface area contributed by atoms with Crippen molar-refractivity contribution < 1.29 is 28.7 Å². The molecular formula is C38H41N3O6S2. The lowest BCUT2D eigenvalue weighted by atomic mass is 9.95. The van der Waals surface area contributed by atoms with Crippen molar-refractivity contribution >= 4 is 57.7 Å². The van der Waals surface area contributed by atoms with Crippen molar-refractivity contribution in [2.75, 3.05) is 30.9 Å². The molecule has 5 rings (SSSR count). The van der Waals surface area contributed by atoms with Gasteiger partial charge in [0.25, 0.3) is 11.8 Å². The maximum Gasteiger partial charge on any atom is 0.337 e. The zero-order chi connectivity index (χ0) is 34.6. The van der Waals surface area contributed by atoms with Gasteiger partial charge >= 0.3 is 11.9 Å². The van der Waals surface area contributed by atoms with Crippen LogP contribution in [0.1, 0.15) is 85.2 Å². The van der Waals surface area contributed by atoms with Crippen LogP contribution in [-0.2, 0) is 40.0 Å². The number of carbonyl (C=O) groups is 4. The predicted octanol–water partition coefficient (Wildman–Crippen LogP) is 7.64. The third-order valence-corrected chi connectivity index (χ3v) is 10.2. The van der Waals surface area contributed by atoms with Crippen molar-refractivity contribution in [3.63, 3.8) is 0 Å². The van der Waals surface area contributed by atoms with Crippen molar-refractivity contribution in [1.82, 2.24) is 4.72 Å². The number of esters is 2. The molecule has 0 saturated carbocycles. The summed E-state index contributed by atoms with van der Waals surface area (Å²) in [4.78, 5) is 52.4. The molecule has 0 atom stereocenters. The van der Waals surface area contributed by atoms with Crippen molar-refractivity contribution in [3.05, 3.63) is 111 Å². The maximum atomic E-state index is 13.8. The molecule has 0 fully saturated rings. The van der Waals surface area contributed by atoms with E-state index in [0.29, 0.717) is 53.4 Å². The Morgan fingerprint density at radius 3 is 2.27 bits per heavy atom. The van der Waals surface area contributed by atoms with Crippen molar-refractivity contribution in [3.8, 4) is 0 Å². The fraction of sp³-hybridized carbons (Fsp3) is 0.316. The van der Waals surface area contributed by atoms with E-state index in [0.717, 1.165) is 65.0 Å². The van der Waals surface area contributed by atoms with Gasteiger partial charge in [-0.15, -0.1) is 11.3 Å². The molecule has 4 aromatic rings. The SMILES string of the molecule is CCOC(=O)CCCNSc1cccc(C(=O)Nc2sc3c(c2C(=O)Nc2ccc(CCc4ccc(C(=O)OC)cc4)cc2)CCCC3)c1. The van der Waals surface area contributed by atoms with Crippen LogP contribution in [-0.4, -0.2) is 44.0 Å². The first-order valence-electron chi connectivity index (χ1n) is 16.5. The number of benzene rings is 3. The molecule has 0 radical (unpaired) electrons. The van der Waals surface area contributed by atoms with E-state index in [4.69, 9.17) is 9.47 Å². The quantitative estimate of drug-likeness (QED) is 0.0658. The average molecular weight is 700 g/mol. The van der Waals surface area contributed by atoms with Crippen molar-refractivity contribution in [2.24, 2.45) is 0 Å². The molecule has 0 spiro atoms. The zero-order valence-electron chi connectivity index (χ0n) is 27.8. The van der Waals surface area contributed by atoms with Crippen LogP contribution < -0.4 is 15.4 Å². The molecule has 1 aliphatic carbocycles. The van der Waals surface area contributed by atoms with Gasteiger partial charge < -0.3 is 20.1 Å². The van der Waals surface area contributed by atoms with Gasteiger partial charge in [-0.1, -0.05) is 30.3 Å². The summed E-state index contributed by atoms with van der Waals surface area (Å²) in [6.07, 6.45) is 6.39. The third kappa shape index (κ3) is 10.0. The molecule has 9 nitrogen and oxygen atoms in total. The summed E-state index contributed by atoms with van der Waals surface area (Å²) in [5.74, 6) is -1.06. The van der Waals surface area contributed by atoms with E-state index in [1.54, 1.807) is 25.1 Å². The summed E-state index contributed by atoms with van der Waals surface area (Å²) in [7, 11) is 1.37. The Balaban J connectivity index is 1.20. The van der Waals surface area contributed by atoms with Crippen LogP contribution in [0.3, 0.4) is 0 Å². The summed E-state index contributed by atoms with van der Waals surface area (Å²) < 4.78 is 13.0. The van der Waals surface area contributed by atoms with Gasteiger partial charge in [0.05, 0.1) is 24.8 Å². The van der Waals surface area contributed by atoms with E-state index in [2.05, 4.69) is 15.4 Å². The Morgan fingerprint density at radius 1 is 0.837 bits per heavy atom. The number of carbonyl (C=O) groups excluding carboxylic acids is 4. The molecule has 0 unspecified atom stereocenters.